The molecule has 0 amide bonds. The summed E-state index contributed by atoms with van der Waals surface area (Å²) in [5, 5.41) is 0. The standard InChI is InChI=1S/C7H8O/c8-7-3-1-4-5(2-3)6(4)7/h3-6H,1-2H2/t3?,4-,5-,6?/m1/s1. The topological polar surface area (TPSA) is 17.1 Å². The fraction of sp³-hybridized carbons (Fsp3) is 0.857. The molecule has 2 atom stereocenters. The van der Waals surface area contributed by atoms with Gasteiger partial charge < -0.3 is 0 Å². The van der Waals surface area contributed by atoms with Crippen LogP contribution in [0.5, 0.6) is 0 Å². The van der Waals surface area contributed by atoms with Crippen LogP contribution in [0.4, 0.5) is 0 Å². The second-order valence-corrected chi connectivity index (χ2v) is 3.42. The highest BCUT2D eigenvalue weighted by molar-refractivity contribution is 5.92. The van der Waals surface area contributed by atoms with Gasteiger partial charge >= 0.3 is 0 Å². The lowest BCUT2D eigenvalue weighted by molar-refractivity contribution is -0.120. The van der Waals surface area contributed by atoms with E-state index in [9.17, 15) is 4.79 Å². The van der Waals surface area contributed by atoms with Gasteiger partial charge in [-0.2, -0.15) is 0 Å². The molecule has 4 rings (SSSR count). The molecule has 4 aliphatic carbocycles. The third kappa shape index (κ3) is 0.188. The van der Waals surface area contributed by atoms with Gasteiger partial charge in [-0.25, -0.2) is 0 Å². The number of ketones is 1. The van der Waals surface area contributed by atoms with Crippen LogP contribution in [0.1, 0.15) is 12.8 Å². The van der Waals surface area contributed by atoms with Crippen molar-refractivity contribution in [2.24, 2.45) is 23.7 Å². The third-order valence-electron chi connectivity index (χ3n) is 3.18. The van der Waals surface area contributed by atoms with E-state index in [2.05, 4.69) is 0 Å². The Bertz CT molecular complexity index is 157. The smallest absolute Gasteiger partial charge is 0.139 e. The first-order valence-electron chi connectivity index (χ1n) is 3.41. The van der Waals surface area contributed by atoms with E-state index in [1.807, 2.05) is 0 Å². The van der Waals surface area contributed by atoms with E-state index in [-0.39, 0.29) is 0 Å². The van der Waals surface area contributed by atoms with Crippen molar-refractivity contribution in [3.05, 3.63) is 0 Å². The number of hydrogen-bond donors (Lipinski definition) is 0. The number of hydrogen-bond acceptors (Lipinski definition) is 1. The van der Waals surface area contributed by atoms with Crippen LogP contribution >= 0.6 is 0 Å². The number of carbonyl (C=O) groups excluding carboxylic acids is 1. The van der Waals surface area contributed by atoms with Crippen molar-refractivity contribution in [3.63, 3.8) is 0 Å². The van der Waals surface area contributed by atoms with E-state index < -0.39 is 0 Å². The lowest BCUT2D eigenvalue weighted by atomic mass is 10.1. The Labute approximate surface area is 48.1 Å². The molecule has 0 aromatic carbocycles. The molecule has 42 valence electrons. The van der Waals surface area contributed by atoms with Crippen molar-refractivity contribution in [1.29, 1.82) is 0 Å². The molecule has 8 heavy (non-hydrogen) atoms. The van der Waals surface area contributed by atoms with Crippen LogP contribution < -0.4 is 0 Å². The maximum atomic E-state index is 11.0. The number of Topliss-reactive ketones (excluding diaryl/α,β-unsaturated/α-hetero) is 1. The Morgan fingerprint density at radius 3 is 2.00 bits per heavy atom. The molecule has 0 aromatic rings. The van der Waals surface area contributed by atoms with Crippen LogP contribution in [-0.2, 0) is 4.79 Å². The van der Waals surface area contributed by atoms with Crippen molar-refractivity contribution in [2.75, 3.05) is 0 Å². The minimum Gasteiger partial charge on any atom is -0.299 e. The summed E-state index contributed by atoms with van der Waals surface area (Å²) < 4.78 is 0. The summed E-state index contributed by atoms with van der Waals surface area (Å²) >= 11 is 0. The average molecular weight is 108 g/mol. The molecule has 0 N–H and O–H groups in total. The maximum Gasteiger partial charge on any atom is 0.139 e. The number of carbonyl (C=O) groups is 1. The van der Waals surface area contributed by atoms with Gasteiger partial charge in [-0.3, -0.25) is 4.79 Å². The van der Waals surface area contributed by atoms with Crippen molar-refractivity contribution in [2.45, 2.75) is 12.8 Å². The zero-order chi connectivity index (χ0) is 5.30. The summed E-state index contributed by atoms with van der Waals surface area (Å²) in [6.45, 7) is 0. The van der Waals surface area contributed by atoms with E-state index in [1.165, 1.54) is 12.8 Å². The molecule has 0 saturated heterocycles. The van der Waals surface area contributed by atoms with Gasteiger partial charge in [0, 0.05) is 11.8 Å². The second-order valence-electron chi connectivity index (χ2n) is 3.42. The predicted octanol–water partition coefficient (Wildman–Crippen LogP) is 0.841. The Hall–Kier alpha value is -0.330. The first-order valence-corrected chi connectivity index (χ1v) is 3.41. The summed E-state index contributed by atoms with van der Waals surface area (Å²) in [6.07, 6.45) is 2.52. The number of rotatable bonds is 0. The first kappa shape index (κ1) is 3.65. The van der Waals surface area contributed by atoms with Gasteiger partial charge in [0.05, 0.1) is 0 Å². The minimum atomic E-state index is 0.537. The Balaban J connectivity index is 2.21. The summed E-state index contributed by atoms with van der Waals surface area (Å²) in [5.74, 6) is 3.50. The summed E-state index contributed by atoms with van der Waals surface area (Å²) in [4.78, 5) is 11.0. The van der Waals surface area contributed by atoms with Crippen LogP contribution in [0.25, 0.3) is 0 Å². The molecule has 1 heteroatoms. The van der Waals surface area contributed by atoms with Gasteiger partial charge in [0.2, 0.25) is 0 Å². The molecule has 0 radical (unpaired) electrons. The average Bonchev–Trinajstić information content (AvgIpc) is 2.23. The predicted molar refractivity (Wildman–Crippen MR) is 28.2 cm³/mol. The SMILES string of the molecule is O=C1C2C[C@H]3C1[C@@H]3C2. The van der Waals surface area contributed by atoms with E-state index in [1.54, 1.807) is 0 Å². The molecule has 4 bridgehead atoms. The molecular formula is C7H8O. The van der Waals surface area contributed by atoms with Gasteiger partial charge in [-0.15, -0.1) is 0 Å². The molecule has 4 aliphatic rings. The summed E-state index contributed by atoms with van der Waals surface area (Å²) in [5.41, 5.74) is 0. The molecule has 0 spiro atoms. The molecule has 4 saturated carbocycles. The highest BCUT2D eigenvalue weighted by Crippen LogP contribution is 2.68. The minimum absolute atomic E-state index is 0.537. The van der Waals surface area contributed by atoms with E-state index in [4.69, 9.17) is 0 Å². The molecule has 0 aromatic heterocycles. The Morgan fingerprint density at radius 2 is 1.88 bits per heavy atom. The monoisotopic (exact) mass is 108 g/mol. The molecular weight excluding hydrogens is 100 g/mol. The van der Waals surface area contributed by atoms with Crippen molar-refractivity contribution < 1.29 is 4.79 Å². The second kappa shape index (κ2) is 0.772. The lowest BCUT2D eigenvalue weighted by Crippen LogP contribution is -2.00. The van der Waals surface area contributed by atoms with Gasteiger partial charge in [-0.1, -0.05) is 0 Å². The van der Waals surface area contributed by atoms with Crippen molar-refractivity contribution >= 4 is 5.78 Å². The van der Waals surface area contributed by atoms with E-state index in [0.29, 0.717) is 17.6 Å². The van der Waals surface area contributed by atoms with Crippen LogP contribution in [0.15, 0.2) is 0 Å². The zero-order valence-electron chi connectivity index (χ0n) is 4.63. The Morgan fingerprint density at radius 1 is 1.25 bits per heavy atom. The van der Waals surface area contributed by atoms with Gasteiger partial charge in [0.25, 0.3) is 0 Å². The highest BCUT2D eigenvalue weighted by Gasteiger charge is 2.68. The normalized spacial score (nSPS) is 64.8. The fourth-order valence-electron chi connectivity index (χ4n) is 2.77. The van der Waals surface area contributed by atoms with Crippen LogP contribution in [-0.4, -0.2) is 5.78 Å². The zero-order valence-corrected chi connectivity index (χ0v) is 4.63. The molecule has 1 nitrogen and oxygen atoms in total. The first-order chi connectivity index (χ1) is 3.88. The molecule has 0 unspecified atom stereocenters. The van der Waals surface area contributed by atoms with Crippen LogP contribution in [0.2, 0.25) is 0 Å². The van der Waals surface area contributed by atoms with Crippen molar-refractivity contribution in [1.82, 2.24) is 0 Å². The molecule has 0 aliphatic heterocycles. The summed E-state index contributed by atoms with van der Waals surface area (Å²) in [7, 11) is 0. The quantitative estimate of drug-likeness (QED) is 0.449. The van der Waals surface area contributed by atoms with Crippen LogP contribution in [0.3, 0.4) is 0 Å². The highest BCUT2D eigenvalue weighted by atomic mass is 16.1. The van der Waals surface area contributed by atoms with Crippen molar-refractivity contribution in [3.8, 4) is 0 Å². The van der Waals surface area contributed by atoms with Gasteiger partial charge in [0.1, 0.15) is 5.78 Å². The lowest BCUT2D eigenvalue weighted by Gasteiger charge is -1.90. The third-order valence-corrected chi connectivity index (χ3v) is 3.18. The fourth-order valence-corrected chi connectivity index (χ4v) is 2.77. The van der Waals surface area contributed by atoms with Crippen LogP contribution in [0, 0.1) is 23.7 Å². The van der Waals surface area contributed by atoms with E-state index >= 15 is 0 Å². The summed E-state index contributed by atoms with van der Waals surface area (Å²) in [6, 6.07) is 0. The Kier molecular flexibility index (Phi) is 0.352. The molecule has 0 heterocycles. The molecule has 4 fully saturated rings. The van der Waals surface area contributed by atoms with Gasteiger partial charge in [-0.05, 0) is 24.7 Å². The largest absolute Gasteiger partial charge is 0.299 e. The maximum absolute atomic E-state index is 11.0. The van der Waals surface area contributed by atoms with Gasteiger partial charge in [0.15, 0.2) is 0 Å². The van der Waals surface area contributed by atoms with E-state index in [0.717, 1.165) is 11.8 Å².